The molecule has 1 fully saturated rings. The number of halogens is 1. The first kappa shape index (κ1) is 16.3. The van der Waals surface area contributed by atoms with Gasteiger partial charge in [-0.3, -0.25) is 14.5 Å². The molecule has 1 atom stereocenters. The number of sulfone groups is 1. The Hall–Kier alpha value is -2.19. The van der Waals surface area contributed by atoms with Gasteiger partial charge in [0.15, 0.2) is 9.84 Å². The van der Waals surface area contributed by atoms with E-state index < -0.39 is 32.3 Å². The van der Waals surface area contributed by atoms with E-state index in [0.29, 0.717) is 16.9 Å². The van der Waals surface area contributed by atoms with E-state index in [1.54, 1.807) is 48.5 Å². The third kappa shape index (κ3) is 1.92. The zero-order valence-electron chi connectivity index (χ0n) is 13.1. The smallest absolute Gasteiger partial charge is 0.273 e. The van der Waals surface area contributed by atoms with Crippen LogP contribution in [0.3, 0.4) is 0 Å². The van der Waals surface area contributed by atoms with Gasteiger partial charge < -0.3 is 4.90 Å². The zero-order valence-corrected chi connectivity index (χ0v) is 15.5. The molecule has 2 amide bonds. The number of benzene rings is 2. The molecule has 1 spiro atoms. The van der Waals surface area contributed by atoms with Crippen LogP contribution in [0.15, 0.2) is 53.0 Å². The van der Waals surface area contributed by atoms with Crippen molar-refractivity contribution >= 4 is 49.0 Å². The summed E-state index contributed by atoms with van der Waals surface area (Å²) in [5.74, 6) is -1.94. The first-order chi connectivity index (χ1) is 11.8. The minimum Gasteiger partial charge on any atom is -0.312 e. The average Bonchev–Trinajstić information content (AvgIpc) is 2.93. The first-order valence-corrected chi connectivity index (χ1v) is 9.94. The Labute approximate surface area is 153 Å². The molecular formula is C17H13BrN2O4S. The van der Waals surface area contributed by atoms with E-state index >= 15 is 0 Å². The molecule has 2 aliphatic heterocycles. The predicted octanol–water partition coefficient (Wildman–Crippen LogP) is 2.04. The lowest BCUT2D eigenvalue weighted by molar-refractivity contribution is -0.123. The summed E-state index contributed by atoms with van der Waals surface area (Å²) in [5.41, 5.74) is 1.18. The fourth-order valence-electron chi connectivity index (χ4n) is 3.58. The minimum absolute atomic E-state index is 0.316. The molecule has 0 radical (unpaired) electrons. The number of carbonyl (C=O) groups excluding carboxylic acids is 2. The molecule has 0 bridgehead atoms. The number of rotatable bonds is 1. The highest BCUT2D eigenvalue weighted by atomic mass is 79.9. The third-order valence-corrected chi connectivity index (χ3v) is 7.27. The van der Waals surface area contributed by atoms with Crippen LogP contribution in [0.1, 0.15) is 5.56 Å². The van der Waals surface area contributed by atoms with E-state index in [4.69, 9.17) is 0 Å². The molecule has 2 aliphatic rings. The van der Waals surface area contributed by atoms with Gasteiger partial charge in [-0.05, 0) is 30.3 Å². The third-order valence-electron chi connectivity index (χ3n) is 4.64. The molecule has 1 saturated heterocycles. The Bertz CT molecular complexity index is 1020. The number of hydrogen-bond acceptors (Lipinski definition) is 4. The fourth-order valence-corrected chi connectivity index (χ4v) is 5.91. The second-order valence-electron chi connectivity index (χ2n) is 5.99. The highest BCUT2D eigenvalue weighted by Gasteiger charge is 2.69. The van der Waals surface area contributed by atoms with Crippen LogP contribution >= 0.6 is 15.9 Å². The Morgan fingerprint density at radius 3 is 2.36 bits per heavy atom. The number of para-hydroxylation sites is 1. The summed E-state index contributed by atoms with van der Waals surface area (Å²) in [6.45, 7) is 0. The van der Waals surface area contributed by atoms with Crippen LogP contribution in [0, 0.1) is 0 Å². The van der Waals surface area contributed by atoms with Gasteiger partial charge in [-0.25, -0.2) is 8.42 Å². The molecule has 128 valence electrons. The summed E-state index contributed by atoms with van der Waals surface area (Å²) in [6.07, 6.45) is 0. The standard InChI is InChI=1S/C17H13BrN2O4S/c1-19-14-5-3-2-4-13(14)17(16(19)22)20(15(21)10-25(17,23)24)12-8-6-11(18)7-9-12/h2-9H,10H2,1H3/t17-/m1/s1. The number of amides is 2. The highest BCUT2D eigenvalue weighted by Crippen LogP contribution is 2.51. The monoisotopic (exact) mass is 420 g/mol. The van der Waals surface area contributed by atoms with E-state index in [1.807, 2.05) is 0 Å². The van der Waals surface area contributed by atoms with Gasteiger partial charge in [-0.1, -0.05) is 34.1 Å². The molecule has 0 aliphatic carbocycles. The van der Waals surface area contributed by atoms with E-state index in [9.17, 15) is 18.0 Å². The van der Waals surface area contributed by atoms with Crippen LogP contribution in [0.2, 0.25) is 0 Å². The first-order valence-electron chi connectivity index (χ1n) is 7.49. The topological polar surface area (TPSA) is 74.8 Å². The molecule has 6 nitrogen and oxygen atoms in total. The van der Waals surface area contributed by atoms with Crippen molar-refractivity contribution in [2.24, 2.45) is 0 Å². The Kier molecular flexibility index (Phi) is 3.36. The van der Waals surface area contributed by atoms with E-state index in [1.165, 1.54) is 11.9 Å². The van der Waals surface area contributed by atoms with Crippen molar-refractivity contribution in [1.29, 1.82) is 0 Å². The number of anilines is 2. The van der Waals surface area contributed by atoms with Crippen molar-refractivity contribution in [3.8, 4) is 0 Å². The van der Waals surface area contributed by atoms with Gasteiger partial charge in [0, 0.05) is 22.8 Å². The van der Waals surface area contributed by atoms with Crippen LogP contribution in [-0.4, -0.2) is 33.0 Å². The van der Waals surface area contributed by atoms with Gasteiger partial charge in [0.1, 0.15) is 5.75 Å². The summed E-state index contributed by atoms with van der Waals surface area (Å²) < 4.78 is 26.9. The molecule has 0 aromatic heterocycles. The van der Waals surface area contributed by atoms with Gasteiger partial charge in [0.25, 0.3) is 10.8 Å². The number of carbonyl (C=O) groups is 2. The van der Waals surface area contributed by atoms with Gasteiger partial charge >= 0.3 is 0 Å². The Balaban J connectivity index is 2.07. The van der Waals surface area contributed by atoms with Crippen LogP contribution in [0.25, 0.3) is 0 Å². The zero-order chi connectivity index (χ0) is 18.0. The maximum absolute atomic E-state index is 13.1. The van der Waals surface area contributed by atoms with E-state index in [0.717, 1.165) is 9.37 Å². The van der Waals surface area contributed by atoms with Crippen LogP contribution in [0.5, 0.6) is 0 Å². The van der Waals surface area contributed by atoms with Gasteiger partial charge in [-0.15, -0.1) is 0 Å². The number of nitrogens with zero attached hydrogens (tertiary/aromatic N) is 2. The van der Waals surface area contributed by atoms with Crippen LogP contribution in [-0.2, 0) is 24.3 Å². The number of hydrogen-bond donors (Lipinski definition) is 0. The predicted molar refractivity (Wildman–Crippen MR) is 96.9 cm³/mol. The number of likely N-dealkylation sites (N-methyl/N-ethyl adjacent to an activating group) is 1. The lowest BCUT2D eigenvalue weighted by atomic mass is 10.0. The van der Waals surface area contributed by atoms with Crippen molar-refractivity contribution in [3.63, 3.8) is 0 Å². The van der Waals surface area contributed by atoms with Crippen LogP contribution < -0.4 is 9.80 Å². The minimum atomic E-state index is -4.07. The largest absolute Gasteiger partial charge is 0.312 e. The second-order valence-corrected chi connectivity index (χ2v) is 9.01. The number of fused-ring (bicyclic) bond motifs is 2. The molecule has 0 N–H and O–H groups in total. The fraction of sp³-hybridized carbons (Fsp3) is 0.176. The summed E-state index contributed by atoms with van der Waals surface area (Å²) in [4.78, 5) is 26.2. The summed E-state index contributed by atoms with van der Waals surface area (Å²) in [5, 5.41) is 0. The maximum Gasteiger partial charge on any atom is 0.273 e. The molecule has 4 rings (SSSR count). The molecule has 2 heterocycles. The maximum atomic E-state index is 13.1. The molecule has 0 unspecified atom stereocenters. The lowest BCUT2D eigenvalue weighted by Crippen LogP contribution is -2.53. The van der Waals surface area contributed by atoms with Crippen molar-refractivity contribution in [2.75, 3.05) is 22.6 Å². The Morgan fingerprint density at radius 2 is 1.68 bits per heavy atom. The summed E-state index contributed by atoms with van der Waals surface area (Å²) >= 11 is 3.32. The van der Waals surface area contributed by atoms with E-state index in [2.05, 4.69) is 15.9 Å². The Morgan fingerprint density at radius 1 is 1.04 bits per heavy atom. The van der Waals surface area contributed by atoms with Gasteiger partial charge in [0.2, 0.25) is 5.91 Å². The molecule has 25 heavy (non-hydrogen) atoms. The average molecular weight is 421 g/mol. The van der Waals surface area contributed by atoms with Crippen molar-refractivity contribution in [3.05, 3.63) is 58.6 Å². The van der Waals surface area contributed by atoms with Gasteiger partial charge in [-0.2, -0.15) is 0 Å². The molecule has 8 heteroatoms. The van der Waals surface area contributed by atoms with Crippen molar-refractivity contribution in [2.45, 2.75) is 4.87 Å². The lowest BCUT2D eigenvalue weighted by Gasteiger charge is -2.32. The second kappa shape index (κ2) is 5.15. The van der Waals surface area contributed by atoms with E-state index in [-0.39, 0.29) is 0 Å². The van der Waals surface area contributed by atoms with Gasteiger partial charge in [0.05, 0.1) is 5.69 Å². The van der Waals surface area contributed by atoms with Crippen molar-refractivity contribution in [1.82, 2.24) is 0 Å². The molecular weight excluding hydrogens is 408 g/mol. The quantitative estimate of drug-likeness (QED) is 0.707. The highest BCUT2D eigenvalue weighted by molar-refractivity contribution is 9.10. The van der Waals surface area contributed by atoms with Crippen LogP contribution in [0.4, 0.5) is 11.4 Å². The normalized spacial score (nSPS) is 24.2. The molecule has 0 saturated carbocycles. The summed E-state index contributed by atoms with van der Waals surface area (Å²) in [6, 6.07) is 13.3. The molecule has 2 aromatic rings. The SMILES string of the molecule is CN1C(=O)[C@]2(c3ccccc31)N(c1ccc(Br)cc1)C(=O)CS2(=O)=O. The molecule has 2 aromatic carbocycles. The van der Waals surface area contributed by atoms with Crippen molar-refractivity contribution < 1.29 is 18.0 Å². The summed E-state index contributed by atoms with van der Waals surface area (Å²) in [7, 11) is -2.54.